The number of nitrogens with zero attached hydrogens (tertiary/aromatic N) is 1. The fourth-order valence-electron chi connectivity index (χ4n) is 2.62. The Morgan fingerprint density at radius 3 is 2.89 bits per heavy atom. The maximum Gasteiger partial charge on any atom is 0.410 e. The van der Waals surface area contributed by atoms with Crippen molar-refractivity contribution < 1.29 is 9.53 Å². The van der Waals surface area contributed by atoms with Crippen LogP contribution in [0, 0.1) is 0 Å². The van der Waals surface area contributed by atoms with Crippen LogP contribution in [0.15, 0.2) is 30.3 Å². The summed E-state index contributed by atoms with van der Waals surface area (Å²) in [6.45, 7) is 3.41. The second-order valence-electron chi connectivity index (χ2n) is 5.17. The Morgan fingerprint density at radius 1 is 1.37 bits per heavy atom. The van der Waals surface area contributed by atoms with Gasteiger partial charge in [0, 0.05) is 12.6 Å². The molecule has 0 unspecified atom stereocenters. The van der Waals surface area contributed by atoms with Crippen LogP contribution >= 0.6 is 0 Å². The van der Waals surface area contributed by atoms with Gasteiger partial charge in [-0.05, 0) is 24.8 Å². The maximum atomic E-state index is 12.1. The van der Waals surface area contributed by atoms with Crippen molar-refractivity contribution in [3.63, 3.8) is 0 Å². The molecule has 0 aliphatic carbocycles. The summed E-state index contributed by atoms with van der Waals surface area (Å²) in [5.41, 5.74) is 1.04. The van der Waals surface area contributed by atoms with Crippen LogP contribution < -0.4 is 0 Å². The third kappa shape index (κ3) is 3.98. The molecular formula is C16H23NO2. The fraction of sp³-hybridized carbons (Fsp3) is 0.562. The number of amides is 1. The highest BCUT2D eigenvalue weighted by atomic mass is 16.6. The van der Waals surface area contributed by atoms with Gasteiger partial charge in [-0.2, -0.15) is 0 Å². The summed E-state index contributed by atoms with van der Waals surface area (Å²) < 4.78 is 5.41. The Morgan fingerprint density at radius 2 is 2.16 bits per heavy atom. The standard InChI is InChI=1S/C16H23NO2/c1-2-3-10-15-11-7-12-17(15)16(18)19-13-14-8-5-4-6-9-14/h4-6,8-9,15H,2-3,7,10-13H2,1H3/t15-/m0/s1. The zero-order chi connectivity index (χ0) is 13.5. The summed E-state index contributed by atoms with van der Waals surface area (Å²) in [6.07, 6.45) is 5.56. The highest BCUT2D eigenvalue weighted by molar-refractivity contribution is 5.68. The van der Waals surface area contributed by atoms with Gasteiger partial charge in [0.2, 0.25) is 0 Å². The van der Waals surface area contributed by atoms with Gasteiger partial charge < -0.3 is 9.64 Å². The minimum Gasteiger partial charge on any atom is -0.445 e. The number of benzene rings is 1. The summed E-state index contributed by atoms with van der Waals surface area (Å²) in [5.74, 6) is 0. The predicted octanol–water partition coefficient (Wildman–Crippen LogP) is 3.98. The maximum absolute atomic E-state index is 12.1. The van der Waals surface area contributed by atoms with Gasteiger partial charge in [-0.25, -0.2) is 4.79 Å². The predicted molar refractivity (Wildman–Crippen MR) is 75.9 cm³/mol. The van der Waals surface area contributed by atoms with Crippen LogP contribution in [0.2, 0.25) is 0 Å². The zero-order valence-corrected chi connectivity index (χ0v) is 11.7. The molecule has 1 aliphatic rings. The number of hydrogen-bond acceptors (Lipinski definition) is 2. The van der Waals surface area contributed by atoms with Gasteiger partial charge in [-0.15, -0.1) is 0 Å². The molecule has 0 N–H and O–H groups in total. The van der Waals surface area contributed by atoms with Crippen LogP contribution in [0.25, 0.3) is 0 Å². The minimum absolute atomic E-state index is 0.151. The van der Waals surface area contributed by atoms with Gasteiger partial charge in [0.1, 0.15) is 6.61 Å². The fourth-order valence-corrected chi connectivity index (χ4v) is 2.62. The van der Waals surface area contributed by atoms with Crippen LogP contribution in [-0.4, -0.2) is 23.6 Å². The molecule has 19 heavy (non-hydrogen) atoms. The lowest BCUT2D eigenvalue weighted by atomic mass is 10.1. The van der Waals surface area contributed by atoms with E-state index in [1.807, 2.05) is 35.2 Å². The molecular weight excluding hydrogens is 238 g/mol. The first kappa shape index (κ1) is 13.9. The summed E-state index contributed by atoms with van der Waals surface area (Å²) in [7, 11) is 0. The molecule has 0 bridgehead atoms. The van der Waals surface area contributed by atoms with Gasteiger partial charge in [0.05, 0.1) is 0 Å². The van der Waals surface area contributed by atoms with Crippen LogP contribution in [0.4, 0.5) is 4.79 Å². The Balaban J connectivity index is 1.82. The van der Waals surface area contributed by atoms with Crippen molar-refractivity contribution in [1.82, 2.24) is 4.90 Å². The number of rotatable bonds is 5. The second-order valence-corrected chi connectivity index (χ2v) is 5.17. The van der Waals surface area contributed by atoms with E-state index in [0.29, 0.717) is 12.6 Å². The van der Waals surface area contributed by atoms with E-state index >= 15 is 0 Å². The monoisotopic (exact) mass is 261 g/mol. The van der Waals surface area contributed by atoms with Gasteiger partial charge in [0.15, 0.2) is 0 Å². The molecule has 1 saturated heterocycles. The first-order chi connectivity index (χ1) is 9.31. The number of ether oxygens (including phenoxy) is 1. The SMILES string of the molecule is CCCC[C@H]1CCCN1C(=O)OCc1ccccc1. The van der Waals surface area contributed by atoms with Crippen LogP contribution in [-0.2, 0) is 11.3 Å². The highest BCUT2D eigenvalue weighted by Crippen LogP contribution is 2.23. The molecule has 0 saturated carbocycles. The van der Waals surface area contributed by atoms with Crippen molar-refractivity contribution in [1.29, 1.82) is 0 Å². The van der Waals surface area contributed by atoms with Crippen molar-refractivity contribution in [2.45, 2.75) is 51.7 Å². The van der Waals surface area contributed by atoms with Gasteiger partial charge in [0.25, 0.3) is 0 Å². The van der Waals surface area contributed by atoms with Gasteiger partial charge in [-0.3, -0.25) is 0 Å². The molecule has 1 aliphatic heterocycles. The Hall–Kier alpha value is -1.51. The molecule has 1 amide bonds. The molecule has 2 rings (SSSR count). The third-order valence-electron chi connectivity index (χ3n) is 3.71. The molecule has 1 fully saturated rings. The lowest BCUT2D eigenvalue weighted by molar-refractivity contribution is 0.0905. The van der Waals surface area contributed by atoms with Crippen LogP contribution in [0.3, 0.4) is 0 Å². The van der Waals surface area contributed by atoms with E-state index in [1.54, 1.807) is 0 Å². The number of carbonyl (C=O) groups is 1. The molecule has 0 radical (unpaired) electrons. The smallest absolute Gasteiger partial charge is 0.410 e. The average molecular weight is 261 g/mol. The summed E-state index contributed by atoms with van der Waals surface area (Å²) in [6, 6.07) is 10.2. The normalized spacial score (nSPS) is 18.6. The molecule has 0 aromatic heterocycles. The highest BCUT2D eigenvalue weighted by Gasteiger charge is 2.29. The van der Waals surface area contributed by atoms with E-state index in [0.717, 1.165) is 31.4 Å². The minimum atomic E-state index is -0.151. The van der Waals surface area contributed by atoms with Crippen molar-refractivity contribution in [3.8, 4) is 0 Å². The van der Waals surface area contributed by atoms with E-state index < -0.39 is 0 Å². The zero-order valence-electron chi connectivity index (χ0n) is 11.7. The molecule has 1 atom stereocenters. The van der Waals surface area contributed by atoms with E-state index in [1.165, 1.54) is 12.8 Å². The lowest BCUT2D eigenvalue weighted by Crippen LogP contribution is -2.35. The molecule has 1 heterocycles. The summed E-state index contributed by atoms with van der Waals surface area (Å²) in [4.78, 5) is 14.0. The van der Waals surface area contributed by atoms with Crippen molar-refractivity contribution in [2.75, 3.05) is 6.54 Å². The molecule has 1 aromatic rings. The number of unbranched alkanes of at least 4 members (excludes halogenated alkanes) is 1. The van der Waals surface area contributed by atoms with Gasteiger partial charge >= 0.3 is 6.09 Å². The lowest BCUT2D eigenvalue weighted by Gasteiger charge is -2.23. The number of carbonyl (C=O) groups excluding carboxylic acids is 1. The van der Waals surface area contributed by atoms with Crippen LogP contribution in [0.1, 0.15) is 44.6 Å². The quantitative estimate of drug-likeness (QED) is 0.802. The van der Waals surface area contributed by atoms with Gasteiger partial charge in [-0.1, -0.05) is 50.1 Å². The molecule has 3 nitrogen and oxygen atoms in total. The summed E-state index contributed by atoms with van der Waals surface area (Å²) in [5, 5.41) is 0. The number of likely N-dealkylation sites (tertiary alicyclic amines) is 1. The largest absolute Gasteiger partial charge is 0.445 e. The second kappa shape index (κ2) is 7.17. The van der Waals surface area contributed by atoms with E-state index in [2.05, 4.69) is 6.92 Å². The average Bonchev–Trinajstić information content (AvgIpc) is 2.92. The molecule has 3 heteroatoms. The molecule has 1 aromatic carbocycles. The Bertz CT molecular complexity index is 391. The first-order valence-corrected chi connectivity index (χ1v) is 7.28. The Labute approximate surface area is 115 Å². The van der Waals surface area contributed by atoms with Crippen LogP contribution in [0.5, 0.6) is 0 Å². The first-order valence-electron chi connectivity index (χ1n) is 7.28. The topological polar surface area (TPSA) is 29.5 Å². The van der Waals surface area contributed by atoms with E-state index in [9.17, 15) is 4.79 Å². The van der Waals surface area contributed by atoms with Crippen molar-refractivity contribution in [3.05, 3.63) is 35.9 Å². The third-order valence-corrected chi connectivity index (χ3v) is 3.71. The van der Waals surface area contributed by atoms with Crippen molar-refractivity contribution in [2.24, 2.45) is 0 Å². The Kier molecular flexibility index (Phi) is 5.25. The van der Waals surface area contributed by atoms with E-state index in [-0.39, 0.29) is 6.09 Å². The van der Waals surface area contributed by atoms with E-state index in [4.69, 9.17) is 4.74 Å². The number of hydrogen-bond donors (Lipinski definition) is 0. The summed E-state index contributed by atoms with van der Waals surface area (Å²) >= 11 is 0. The molecule has 0 spiro atoms. The van der Waals surface area contributed by atoms with Crippen molar-refractivity contribution >= 4 is 6.09 Å². The molecule has 104 valence electrons.